The normalized spacial score (nSPS) is 22.4. The molecule has 4 rings (SSSR count). The van der Waals surface area contributed by atoms with Crippen molar-refractivity contribution in [2.75, 3.05) is 16.8 Å². The fourth-order valence-corrected chi connectivity index (χ4v) is 6.86. The number of pyridine rings is 1. The Labute approximate surface area is 168 Å². The Balaban J connectivity index is 1.28. The van der Waals surface area contributed by atoms with E-state index in [4.69, 9.17) is 0 Å². The molecule has 3 heterocycles. The second kappa shape index (κ2) is 7.92. The average Bonchev–Trinajstić information content (AvgIpc) is 3.15. The fraction of sp³-hybridized carbons (Fsp3) is 0.316. The molecule has 0 bridgehead atoms. The Bertz CT molecular complexity index is 992. The smallest absolute Gasteiger partial charge is 0.224 e. The Hall–Kier alpha value is -2.39. The van der Waals surface area contributed by atoms with Gasteiger partial charge in [-0.2, -0.15) is 0 Å². The van der Waals surface area contributed by atoms with Crippen molar-refractivity contribution < 1.29 is 13.2 Å². The van der Waals surface area contributed by atoms with Crippen LogP contribution in [-0.4, -0.2) is 47.3 Å². The first-order valence-corrected chi connectivity index (χ1v) is 11.6. The fourth-order valence-electron chi connectivity index (χ4n) is 3.19. The average molecular weight is 417 g/mol. The molecule has 2 aromatic rings. The predicted molar refractivity (Wildman–Crippen MR) is 111 cm³/mol. The van der Waals surface area contributed by atoms with Crippen LogP contribution in [0.1, 0.15) is 11.3 Å². The van der Waals surface area contributed by atoms with Crippen molar-refractivity contribution in [1.29, 1.82) is 0 Å². The van der Waals surface area contributed by atoms with E-state index in [2.05, 4.69) is 20.6 Å². The van der Waals surface area contributed by atoms with Crippen LogP contribution in [0.4, 0.5) is 5.69 Å². The summed E-state index contributed by atoms with van der Waals surface area (Å²) in [4.78, 5) is 20.7. The molecule has 0 radical (unpaired) electrons. The molecule has 1 aromatic carbocycles. The number of rotatable bonds is 5. The highest BCUT2D eigenvalue weighted by molar-refractivity contribution is 8.15. The largest absolute Gasteiger partial charge is 0.350 e. The zero-order chi connectivity index (χ0) is 19.6. The van der Waals surface area contributed by atoms with Gasteiger partial charge in [-0.1, -0.05) is 30.0 Å². The number of carbonyl (C=O) groups is 1. The van der Waals surface area contributed by atoms with Crippen LogP contribution in [0.3, 0.4) is 0 Å². The van der Waals surface area contributed by atoms with Crippen LogP contribution in [-0.2, 0) is 27.6 Å². The third-order valence-corrected chi connectivity index (χ3v) is 7.72. The molecular weight excluding hydrogens is 396 g/mol. The van der Waals surface area contributed by atoms with E-state index in [9.17, 15) is 13.2 Å². The number of nitrogens with one attached hydrogen (secondary N) is 2. The number of thioether (sulfide) groups is 1. The molecule has 0 spiro atoms. The van der Waals surface area contributed by atoms with E-state index in [-0.39, 0.29) is 28.7 Å². The van der Waals surface area contributed by atoms with E-state index >= 15 is 0 Å². The summed E-state index contributed by atoms with van der Waals surface area (Å²) >= 11 is 1.49. The summed E-state index contributed by atoms with van der Waals surface area (Å²) in [5.74, 6) is 0.280. The van der Waals surface area contributed by atoms with Gasteiger partial charge in [0, 0.05) is 17.1 Å². The van der Waals surface area contributed by atoms with Gasteiger partial charge in [0.05, 0.1) is 36.2 Å². The first-order valence-electron chi connectivity index (χ1n) is 8.94. The number of carbonyl (C=O) groups excluding carboxylic acids is 1. The van der Waals surface area contributed by atoms with E-state index in [1.54, 1.807) is 6.20 Å². The topological polar surface area (TPSA) is 101 Å². The summed E-state index contributed by atoms with van der Waals surface area (Å²) in [7, 11) is -2.94. The van der Waals surface area contributed by atoms with Crippen molar-refractivity contribution in [2.45, 2.75) is 24.3 Å². The van der Waals surface area contributed by atoms with Gasteiger partial charge in [-0.3, -0.25) is 14.8 Å². The van der Waals surface area contributed by atoms with Crippen molar-refractivity contribution in [3.05, 3.63) is 59.9 Å². The molecule has 1 fully saturated rings. The van der Waals surface area contributed by atoms with Crippen LogP contribution >= 0.6 is 11.8 Å². The number of amides is 1. The summed E-state index contributed by atoms with van der Waals surface area (Å²) < 4.78 is 23.2. The molecule has 1 aromatic heterocycles. The van der Waals surface area contributed by atoms with Crippen molar-refractivity contribution in [2.24, 2.45) is 4.99 Å². The van der Waals surface area contributed by atoms with Crippen LogP contribution < -0.4 is 10.6 Å². The molecule has 1 amide bonds. The monoisotopic (exact) mass is 416 g/mol. The number of benzene rings is 1. The Morgan fingerprint density at radius 2 is 1.96 bits per heavy atom. The van der Waals surface area contributed by atoms with Crippen molar-refractivity contribution in [3.8, 4) is 0 Å². The highest BCUT2D eigenvalue weighted by Gasteiger charge is 2.42. The van der Waals surface area contributed by atoms with Gasteiger partial charge in [-0.25, -0.2) is 8.42 Å². The van der Waals surface area contributed by atoms with Crippen LogP contribution in [0.15, 0.2) is 53.7 Å². The van der Waals surface area contributed by atoms with Crippen molar-refractivity contribution in [1.82, 2.24) is 10.3 Å². The summed E-state index contributed by atoms with van der Waals surface area (Å²) in [6.07, 6.45) is 2.00. The zero-order valence-electron chi connectivity index (χ0n) is 15.0. The van der Waals surface area contributed by atoms with E-state index < -0.39 is 9.84 Å². The lowest BCUT2D eigenvalue weighted by atomic mass is 10.1. The maximum Gasteiger partial charge on any atom is 0.224 e. The molecule has 2 atom stereocenters. The summed E-state index contributed by atoms with van der Waals surface area (Å²) in [5.41, 5.74) is 2.60. The number of nitrogens with zero attached hydrogens (tertiary/aromatic N) is 2. The van der Waals surface area contributed by atoms with Gasteiger partial charge in [0.15, 0.2) is 15.0 Å². The van der Waals surface area contributed by atoms with Gasteiger partial charge in [0.2, 0.25) is 5.91 Å². The zero-order valence-corrected chi connectivity index (χ0v) is 16.7. The molecule has 0 unspecified atom stereocenters. The minimum absolute atomic E-state index is 0.0228. The Kier molecular flexibility index (Phi) is 5.36. The molecule has 1 saturated heterocycles. The minimum atomic E-state index is -2.94. The summed E-state index contributed by atoms with van der Waals surface area (Å²) in [5, 5.41) is 6.87. The van der Waals surface area contributed by atoms with Gasteiger partial charge < -0.3 is 10.6 Å². The van der Waals surface area contributed by atoms with Gasteiger partial charge >= 0.3 is 0 Å². The first kappa shape index (κ1) is 18.9. The minimum Gasteiger partial charge on any atom is -0.350 e. The van der Waals surface area contributed by atoms with Gasteiger partial charge in [-0.05, 0) is 29.8 Å². The summed E-state index contributed by atoms with van der Waals surface area (Å²) in [6, 6.07) is 13.0. The Morgan fingerprint density at radius 3 is 2.68 bits per heavy atom. The number of hydrogen-bond acceptors (Lipinski definition) is 7. The van der Waals surface area contributed by atoms with Gasteiger partial charge in [-0.15, -0.1) is 0 Å². The molecule has 28 heavy (non-hydrogen) atoms. The molecule has 2 aliphatic rings. The number of aliphatic imine (C=N–C) groups is 1. The number of fused-ring (bicyclic) bond motifs is 1. The highest BCUT2D eigenvalue weighted by atomic mass is 32.2. The second-order valence-corrected chi connectivity index (χ2v) is 10.2. The Morgan fingerprint density at radius 1 is 1.14 bits per heavy atom. The lowest BCUT2D eigenvalue weighted by Crippen LogP contribution is -2.24. The van der Waals surface area contributed by atoms with Crippen molar-refractivity contribution in [3.63, 3.8) is 0 Å². The first-order chi connectivity index (χ1) is 13.5. The number of sulfone groups is 1. The number of hydrogen-bond donors (Lipinski definition) is 2. The highest BCUT2D eigenvalue weighted by Crippen LogP contribution is 2.34. The van der Waals surface area contributed by atoms with E-state index in [0.29, 0.717) is 13.0 Å². The molecule has 2 aliphatic heterocycles. The van der Waals surface area contributed by atoms with E-state index in [0.717, 1.165) is 22.1 Å². The van der Waals surface area contributed by atoms with Crippen LogP contribution in [0.25, 0.3) is 0 Å². The second-order valence-electron chi connectivity index (χ2n) is 6.83. The standard InChI is InChI=1S/C19H20N4O3S2/c24-18(21-10-15-3-1-2-8-20-15)9-13-4-6-14(7-5-13)22-19-23-16-11-28(25,26)12-17(16)27-19/h1-8,16-17H,9-12H2,(H,21,24)(H,22,23)/t16-,17+/m1/s1. The molecule has 0 aliphatic carbocycles. The van der Waals surface area contributed by atoms with Crippen LogP contribution in [0.2, 0.25) is 0 Å². The molecule has 146 valence electrons. The third-order valence-electron chi connectivity index (χ3n) is 4.58. The number of anilines is 1. The van der Waals surface area contributed by atoms with Gasteiger partial charge in [0.25, 0.3) is 0 Å². The quantitative estimate of drug-likeness (QED) is 0.768. The van der Waals surface area contributed by atoms with E-state index in [1.165, 1.54) is 11.8 Å². The molecule has 7 nitrogen and oxygen atoms in total. The molecule has 9 heteroatoms. The SMILES string of the molecule is O=C(Cc1ccc(NC2=N[C@@H]3CS(=O)(=O)C[C@@H]3S2)cc1)NCc1ccccn1. The third kappa shape index (κ3) is 4.71. The summed E-state index contributed by atoms with van der Waals surface area (Å²) in [6.45, 7) is 0.411. The lowest BCUT2D eigenvalue weighted by molar-refractivity contribution is -0.120. The van der Waals surface area contributed by atoms with Crippen molar-refractivity contribution >= 4 is 38.4 Å². The van der Waals surface area contributed by atoms with Gasteiger partial charge in [0.1, 0.15) is 0 Å². The number of amidine groups is 1. The predicted octanol–water partition coefficient (Wildman–Crippen LogP) is 1.62. The lowest BCUT2D eigenvalue weighted by Gasteiger charge is -2.08. The van der Waals surface area contributed by atoms with Crippen LogP contribution in [0.5, 0.6) is 0 Å². The van der Waals surface area contributed by atoms with E-state index in [1.807, 2.05) is 42.5 Å². The maximum absolute atomic E-state index is 12.1. The number of aromatic nitrogens is 1. The molecular formula is C19H20N4O3S2. The molecule has 0 saturated carbocycles. The molecule has 2 N–H and O–H groups in total. The maximum atomic E-state index is 12.1. The van der Waals surface area contributed by atoms with Crippen LogP contribution in [0, 0.1) is 0 Å².